The van der Waals surface area contributed by atoms with E-state index in [2.05, 4.69) is 10.2 Å². The van der Waals surface area contributed by atoms with Gasteiger partial charge in [-0.3, -0.25) is 10.1 Å². The molecule has 3 aromatic rings. The minimum atomic E-state index is -1.18. The minimum absolute atomic E-state index is 0.0502. The highest BCUT2D eigenvalue weighted by Crippen LogP contribution is 2.35. The number of thioether (sulfide) groups is 1. The number of rotatable bonds is 12. The van der Waals surface area contributed by atoms with Gasteiger partial charge in [0.1, 0.15) is 16.4 Å². The molecule has 3 rings (SSSR count). The predicted octanol–water partition coefficient (Wildman–Crippen LogP) is 4.95. The Hall–Kier alpha value is -4.06. The van der Waals surface area contributed by atoms with Gasteiger partial charge in [-0.2, -0.15) is 0 Å². The first-order valence-electron chi connectivity index (χ1n) is 11.6. The fraction of sp³-hybridized carbons (Fsp3) is 0.320. The minimum Gasteiger partial charge on any atom is -0.497 e. The maximum Gasteiger partial charge on any atom is 0.342 e. The standard InChI is InChI=1S/C25H29N5O6S/c1-6-28(7-2)21-10-9-18(30(33)34)11-16(21)14-22(24(31)32)37-25-27-26-23(29(25)8-3)17-12-19(35-4)15-20(13-17)36-5/h9-15H,6-8H2,1-5H3,(H,31,32)/b22-14+. The van der Waals surface area contributed by atoms with E-state index >= 15 is 0 Å². The molecule has 0 saturated carbocycles. The smallest absolute Gasteiger partial charge is 0.342 e. The first kappa shape index (κ1) is 27.5. The molecule has 0 amide bonds. The Morgan fingerprint density at radius 1 is 1.11 bits per heavy atom. The highest BCUT2D eigenvalue weighted by atomic mass is 32.2. The van der Waals surface area contributed by atoms with Crippen LogP contribution in [-0.4, -0.2) is 58.1 Å². The van der Waals surface area contributed by atoms with Crippen molar-refractivity contribution < 1.29 is 24.3 Å². The molecular formula is C25H29N5O6S. The van der Waals surface area contributed by atoms with Crippen LogP contribution < -0.4 is 14.4 Å². The number of carbonyl (C=O) groups is 1. The molecule has 0 atom stereocenters. The molecule has 0 saturated heterocycles. The lowest BCUT2D eigenvalue weighted by molar-refractivity contribution is -0.384. The van der Waals surface area contributed by atoms with E-state index in [4.69, 9.17) is 9.47 Å². The van der Waals surface area contributed by atoms with Crippen molar-refractivity contribution in [3.8, 4) is 22.9 Å². The van der Waals surface area contributed by atoms with E-state index < -0.39 is 10.9 Å². The first-order valence-corrected chi connectivity index (χ1v) is 12.4. The molecule has 1 N–H and O–H groups in total. The third-order valence-corrected chi connectivity index (χ3v) is 6.66. The average molecular weight is 528 g/mol. The van der Waals surface area contributed by atoms with Crippen molar-refractivity contribution in [3.05, 3.63) is 57.0 Å². The SMILES string of the molecule is CCN(CC)c1ccc([N+](=O)[O-])cc1/C=C(/Sc1nnc(-c2cc(OC)cc(OC)c2)n1CC)C(=O)O. The molecule has 0 aliphatic heterocycles. The van der Waals surface area contributed by atoms with Crippen LogP contribution in [0.25, 0.3) is 17.5 Å². The Kier molecular flexibility index (Phi) is 9.12. The number of nitrogens with zero attached hydrogens (tertiary/aromatic N) is 5. The van der Waals surface area contributed by atoms with Crippen molar-refractivity contribution in [1.82, 2.24) is 14.8 Å². The number of nitro benzene ring substituents is 1. The fourth-order valence-corrected chi connectivity index (χ4v) is 4.67. The van der Waals surface area contributed by atoms with Crippen LogP contribution >= 0.6 is 11.8 Å². The second kappa shape index (κ2) is 12.3. The summed E-state index contributed by atoms with van der Waals surface area (Å²) < 4.78 is 12.5. The number of aromatic nitrogens is 3. The van der Waals surface area contributed by atoms with Gasteiger partial charge in [0.25, 0.3) is 5.69 Å². The van der Waals surface area contributed by atoms with Crippen LogP contribution in [-0.2, 0) is 11.3 Å². The van der Waals surface area contributed by atoms with Crippen molar-refractivity contribution in [3.63, 3.8) is 0 Å². The van der Waals surface area contributed by atoms with E-state index in [1.165, 1.54) is 18.2 Å². The summed E-state index contributed by atoms with van der Waals surface area (Å²) in [5.41, 5.74) is 1.71. The zero-order chi connectivity index (χ0) is 27.1. The molecule has 1 heterocycles. The van der Waals surface area contributed by atoms with Crippen molar-refractivity contribution >= 4 is 35.2 Å². The van der Waals surface area contributed by atoms with E-state index in [9.17, 15) is 20.0 Å². The van der Waals surface area contributed by atoms with Gasteiger partial charge in [-0.05, 0) is 56.8 Å². The Morgan fingerprint density at radius 2 is 1.76 bits per heavy atom. The molecule has 0 aliphatic carbocycles. The van der Waals surface area contributed by atoms with Gasteiger partial charge >= 0.3 is 5.97 Å². The Morgan fingerprint density at radius 3 is 2.27 bits per heavy atom. The number of carboxylic acid groups (broad SMARTS) is 1. The number of ether oxygens (including phenoxy) is 2. The number of aliphatic carboxylic acids is 1. The van der Waals surface area contributed by atoms with Crippen LogP contribution in [0.15, 0.2) is 46.5 Å². The van der Waals surface area contributed by atoms with Crippen LogP contribution in [0.1, 0.15) is 26.3 Å². The van der Waals surface area contributed by atoms with E-state index in [1.807, 2.05) is 25.7 Å². The molecule has 196 valence electrons. The summed E-state index contributed by atoms with van der Waals surface area (Å²) in [5, 5.41) is 30.3. The number of nitro groups is 1. The number of carboxylic acids is 1. The zero-order valence-corrected chi connectivity index (χ0v) is 22.1. The van der Waals surface area contributed by atoms with Gasteiger partial charge in [-0.25, -0.2) is 4.79 Å². The van der Waals surface area contributed by atoms with Crippen LogP contribution in [0.2, 0.25) is 0 Å². The molecule has 11 nitrogen and oxygen atoms in total. The summed E-state index contributed by atoms with van der Waals surface area (Å²) in [6.07, 6.45) is 1.44. The summed E-state index contributed by atoms with van der Waals surface area (Å²) in [6.45, 7) is 7.61. The maximum absolute atomic E-state index is 12.3. The quantitative estimate of drug-likeness (QED) is 0.149. The van der Waals surface area contributed by atoms with Crippen molar-refractivity contribution in [2.75, 3.05) is 32.2 Å². The third-order valence-electron chi connectivity index (χ3n) is 5.67. The average Bonchev–Trinajstić information content (AvgIpc) is 3.31. The van der Waals surface area contributed by atoms with Crippen molar-refractivity contribution in [1.29, 1.82) is 0 Å². The number of non-ortho nitro benzene ring substituents is 1. The molecule has 1 aromatic heterocycles. The largest absolute Gasteiger partial charge is 0.497 e. The van der Waals surface area contributed by atoms with Crippen LogP contribution in [0.4, 0.5) is 11.4 Å². The second-order valence-corrected chi connectivity index (χ2v) is 8.75. The van der Waals surface area contributed by atoms with E-state index in [0.29, 0.717) is 58.9 Å². The van der Waals surface area contributed by atoms with Gasteiger partial charge in [-0.1, -0.05) is 0 Å². The van der Waals surface area contributed by atoms with Crippen molar-refractivity contribution in [2.45, 2.75) is 32.5 Å². The van der Waals surface area contributed by atoms with Gasteiger partial charge < -0.3 is 24.0 Å². The molecule has 2 aromatic carbocycles. The maximum atomic E-state index is 12.3. The molecule has 0 spiro atoms. The summed E-state index contributed by atoms with van der Waals surface area (Å²) >= 11 is 0.928. The van der Waals surface area contributed by atoms with Gasteiger partial charge in [0, 0.05) is 54.6 Å². The molecule has 0 unspecified atom stereocenters. The van der Waals surface area contributed by atoms with Gasteiger partial charge in [0.2, 0.25) is 0 Å². The van der Waals surface area contributed by atoms with Gasteiger partial charge in [0.15, 0.2) is 11.0 Å². The molecular weight excluding hydrogens is 498 g/mol. The summed E-state index contributed by atoms with van der Waals surface area (Å²) in [6, 6.07) is 9.77. The molecule has 12 heteroatoms. The molecule has 0 aliphatic rings. The van der Waals surface area contributed by atoms with Crippen LogP contribution in [0, 0.1) is 10.1 Å². The summed E-state index contributed by atoms with van der Waals surface area (Å²) in [5.74, 6) is 0.494. The topological polar surface area (TPSA) is 133 Å². The number of benzene rings is 2. The normalized spacial score (nSPS) is 11.3. The Balaban J connectivity index is 2.09. The van der Waals surface area contributed by atoms with E-state index in [-0.39, 0.29) is 10.6 Å². The van der Waals surface area contributed by atoms with Crippen LogP contribution in [0.3, 0.4) is 0 Å². The molecule has 0 fully saturated rings. The lowest BCUT2D eigenvalue weighted by Gasteiger charge is -2.23. The summed E-state index contributed by atoms with van der Waals surface area (Å²) in [7, 11) is 3.10. The van der Waals surface area contributed by atoms with Gasteiger partial charge in [-0.15, -0.1) is 10.2 Å². The number of hydrogen-bond acceptors (Lipinski definition) is 9. The fourth-order valence-electron chi connectivity index (χ4n) is 3.80. The third kappa shape index (κ3) is 6.20. The first-order chi connectivity index (χ1) is 17.8. The monoisotopic (exact) mass is 527 g/mol. The lowest BCUT2D eigenvalue weighted by atomic mass is 10.1. The highest BCUT2D eigenvalue weighted by Gasteiger charge is 2.21. The second-order valence-electron chi connectivity index (χ2n) is 7.74. The number of anilines is 1. The van der Waals surface area contributed by atoms with E-state index in [1.54, 1.807) is 43.1 Å². The highest BCUT2D eigenvalue weighted by molar-refractivity contribution is 8.04. The van der Waals surface area contributed by atoms with Gasteiger partial charge in [0.05, 0.1) is 19.1 Å². The van der Waals surface area contributed by atoms with Crippen molar-refractivity contribution in [2.24, 2.45) is 0 Å². The Labute approximate surface area is 218 Å². The van der Waals surface area contributed by atoms with Crippen LogP contribution in [0.5, 0.6) is 11.5 Å². The summed E-state index contributed by atoms with van der Waals surface area (Å²) in [4.78, 5) is 25.1. The molecule has 37 heavy (non-hydrogen) atoms. The molecule has 0 bridgehead atoms. The zero-order valence-electron chi connectivity index (χ0n) is 21.3. The molecule has 0 radical (unpaired) electrons. The number of methoxy groups -OCH3 is 2. The Bertz CT molecular complexity index is 1300. The number of hydrogen-bond donors (Lipinski definition) is 1. The lowest BCUT2D eigenvalue weighted by Crippen LogP contribution is -2.22. The van der Waals surface area contributed by atoms with E-state index in [0.717, 1.165) is 11.8 Å². The predicted molar refractivity (Wildman–Crippen MR) is 142 cm³/mol.